The number of hydrogen-bond donors (Lipinski definition) is 1. The van der Waals surface area contributed by atoms with Crippen molar-refractivity contribution in [1.82, 2.24) is 0 Å². The smallest absolute Gasteiger partial charge is 0.271 e. The third kappa shape index (κ3) is 3.26. The molecule has 0 heterocycles. The summed E-state index contributed by atoms with van der Waals surface area (Å²) in [5, 5.41) is 14.3. The second-order valence-electron chi connectivity index (χ2n) is 5.85. The van der Waals surface area contributed by atoms with Crippen molar-refractivity contribution in [2.24, 2.45) is 5.41 Å². The molecule has 1 aliphatic rings. The first-order valence-corrected chi connectivity index (χ1v) is 7.40. The minimum Gasteiger partial charge on any atom is -0.381 e. The van der Waals surface area contributed by atoms with Gasteiger partial charge in [-0.25, -0.2) is 0 Å². The van der Waals surface area contributed by atoms with Crippen LogP contribution in [0, 0.1) is 15.5 Å². The van der Waals surface area contributed by atoms with Crippen LogP contribution in [0.4, 0.5) is 11.4 Å². The first-order chi connectivity index (χ1) is 8.90. The summed E-state index contributed by atoms with van der Waals surface area (Å²) in [4.78, 5) is 10.5. The van der Waals surface area contributed by atoms with Crippen molar-refractivity contribution in [2.45, 2.75) is 45.6 Å². The molecule has 0 bridgehead atoms. The summed E-state index contributed by atoms with van der Waals surface area (Å²) in [6, 6.07) is 5.21. The normalized spacial score (nSPS) is 21.9. The van der Waals surface area contributed by atoms with E-state index in [1.807, 2.05) is 0 Å². The van der Waals surface area contributed by atoms with Crippen LogP contribution in [0.1, 0.15) is 39.5 Å². The molecule has 1 aromatic rings. The number of rotatable bonds is 3. The molecule has 0 saturated heterocycles. The zero-order valence-corrected chi connectivity index (χ0v) is 12.9. The highest BCUT2D eigenvalue weighted by molar-refractivity contribution is 9.10. The third-order valence-electron chi connectivity index (χ3n) is 4.00. The van der Waals surface area contributed by atoms with Gasteiger partial charge in [0, 0.05) is 22.6 Å². The van der Waals surface area contributed by atoms with Crippen molar-refractivity contribution in [3.8, 4) is 0 Å². The zero-order chi connectivity index (χ0) is 14.0. The van der Waals surface area contributed by atoms with Crippen LogP contribution in [0.25, 0.3) is 0 Å². The van der Waals surface area contributed by atoms with E-state index in [4.69, 9.17) is 0 Å². The van der Waals surface area contributed by atoms with Crippen LogP contribution in [0.3, 0.4) is 0 Å². The van der Waals surface area contributed by atoms with Crippen LogP contribution in [-0.4, -0.2) is 11.0 Å². The van der Waals surface area contributed by atoms with Crippen molar-refractivity contribution < 1.29 is 4.92 Å². The fraction of sp³-hybridized carbons (Fsp3) is 0.571. The number of anilines is 1. The molecule has 104 valence electrons. The standard InChI is InChI=1S/C14H19BrN2O2/c1-14(2)8-4-3-5-13(14)16-12-9-10(17(18)19)6-7-11(12)15/h6-7,9,13,16H,3-5,8H2,1-2H3. The molecule has 0 radical (unpaired) electrons. The highest BCUT2D eigenvalue weighted by Gasteiger charge is 2.32. The maximum atomic E-state index is 10.8. The highest BCUT2D eigenvalue weighted by Crippen LogP contribution is 2.39. The highest BCUT2D eigenvalue weighted by atomic mass is 79.9. The van der Waals surface area contributed by atoms with Crippen LogP contribution in [0.2, 0.25) is 0 Å². The number of benzene rings is 1. The van der Waals surface area contributed by atoms with Crippen molar-refractivity contribution in [2.75, 3.05) is 5.32 Å². The molecule has 1 fully saturated rings. The van der Waals surface area contributed by atoms with E-state index in [0.29, 0.717) is 6.04 Å². The average Bonchev–Trinajstić information content (AvgIpc) is 2.34. The Hall–Kier alpha value is -1.10. The minimum atomic E-state index is -0.358. The molecular weight excluding hydrogens is 308 g/mol. The van der Waals surface area contributed by atoms with Crippen molar-refractivity contribution in [3.63, 3.8) is 0 Å². The Balaban J connectivity index is 2.22. The van der Waals surface area contributed by atoms with Crippen LogP contribution < -0.4 is 5.32 Å². The number of nitro benzene ring substituents is 1. The van der Waals surface area contributed by atoms with E-state index >= 15 is 0 Å². The number of halogens is 1. The van der Waals surface area contributed by atoms with Gasteiger partial charge >= 0.3 is 0 Å². The predicted molar refractivity (Wildman–Crippen MR) is 80.5 cm³/mol. The minimum absolute atomic E-state index is 0.124. The molecular formula is C14H19BrN2O2. The second-order valence-corrected chi connectivity index (χ2v) is 6.71. The van der Waals surface area contributed by atoms with E-state index in [9.17, 15) is 10.1 Å². The molecule has 0 spiro atoms. The molecule has 19 heavy (non-hydrogen) atoms. The molecule has 0 aromatic heterocycles. The van der Waals surface area contributed by atoms with Gasteiger partial charge in [-0.3, -0.25) is 10.1 Å². The van der Waals surface area contributed by atoms with Crippen molar-refractivity contribution in [1.29, 1.82) is 0 Å². The molecule has 1 aromatic carbocycles. The van der Waals surface area contributed by atoms with Crippen LogP contribution in [0.5, 0.6) is 0 Å². The van der Waals surface area contributed by atoms with Gasteiger partial charge in [-0.05, 0) is 40.3 Å². The Morgan fingerprint density at radius 2 is 2.16 bits per heavy atom. The quantitative estimate of drug-likeness (QED) is 0.644. The topological polar surface area (TPSA) is 55.2 Å². The largest absolute Gasteiger partial charge is 0.381 e. The fourth-order valence-electron chi connectivity index (χ4n) is 2.69. The maximum absolute atomic E-state index is 10.8. The summed E-state index contributed by atoms with van der Waals surface area (Å²) in [5.74, 6) is 0. The summed E-state index contributed by atoms with van der Waals surface area (Å²) in [7, 11) is 0. The molecule has 2 rings (SSSR count). The summed E-state index contributed by atoms with van der Waals surface area (Å²) in [6.07, 6.45) is 4.79. The van der Waals surface area contributed by atoms with Crippen LogP contribution >= 0.6 is 15.9 Å². The number of hydrogen-bond acceptors (Lipinski definition) is 3. The third-order valence-corrected chi connectivity index (χ3v) is 4.69. The summed E-state index contributed by atoms with van der Waals surface area (Å²) < 4.78 is 0.875. The molecule has 5 heteroatoms. The lowest BCUT2D eigenvalue weighted by molar-refractivity contribution is -0.384. The zero-order valence-electron chi connectivity index (χ0n) is 11.3. The Morgan fingerprint density at radius 1 is 1.42 bits per heavy atom. The van der Waals surface area contributed by atoms with Crippen molar-refractivity contribution >= 4 is 27.3 Å². The van der Waals surface area contributed by atoms with Crippen LogP contribution in [-0.2, 0) is 0 Å². The number of nitrogens with zero attached hydrogens (tertiary/aromatic N) is 1. The summed E-state index contributed by atoms with van der Waals surface area (Å²) in [6.45, 7) is 4.52. The molecule has 1 aliphatic carbocycles. The molecule has 1 N–H and O–H groups in total. The Kier molecular flexibility index (Phi) is 4.13. The van der Waals surface area contributed by atoms with Gasteiger partial charge in [-0.15, -0.1) is 0 Å². The van der Waals surface area contributed by atoms with E-state index in [0.717, 1.165) is 16.6 Å². The monoisotopic (exact) mass is 326 g/mol. The lowest BCUT2D eigenvalue weighted by Gasteiger charge is -2.39. The van der Waals surface area contributed by atoms with Gasteiger partial charge < -0.3 is 5.32 Å². The second kappa shape index (κ2) is 5.49. The Bertz CT molecular complexity index is 488. The van der Waals surface area contributed by atoms with E-state index in [1.165, 1.54) is 25.3 Å². The van der Waals surface area contributed by atoms with E-state index in [1.54, 1.807) is 12.1 Å². The summed E-state index contributed by atoms with van der Waals surface area (Å²) in [5.41, 5.74) is 1.16. The first-order valence-electron chi connectivity index (χ1n) is 6.60. The molecule has 1 unspecified atom stereocenters. The van der Waals surface area contributed by atoms with Gasteiger partial charge in [0.2, 0.25) is 0 Å². The Morgan fingerprint density at radius 3 is 2.79 bits per heavy atom. The maximum Gasteiger partial charge on any atom is 0.271 e. The number of nitrogens with one attached hydrogen (secondary N) is 1. The van der Waals surface area contributed by atoms with E-state index in [2.05, 4.69) is 35.1 Å². The predicted octanol–water partition coefficient (Wildman–Crippen LogP) is 4.74. The lowest BCUT2D eigenvalue weighted by atomic mass is 9.73. The van der Waals surface area contributed by atoms with E-state index in [-0.39, 0.29) is 16.0 Å². The van der Waals surface area contributed by atoms with Gasteiger partial charge in [-0.2, -0.15) is 0 Å². The van der Waals surface area contributed by atoms with Gasteiger partial charge in [0.25, 0.3) is 5.69 Å². The first kappa shape index (κ1) is 14.3. The molecule has 0 amide bonds. The molecule has 4 nitrogen and oxygen atoms in total. The van der Waals surface area contributed by atoms with Gasteiger partial charge in [0.05, 0.1) is 10.6 Å². The van der Waals surface area contributed by atoms with Crippen molar-refractivity contribution in [3.05, 3.63) is 32.8 Å². The average molecular weight is 327 g/mol. The number of non-ortho nitro benzene ring substituents is 1. The summed E-state index contributed by atoms with van der Waals surface area (Å²) >= 11 is 3.46. The van der Waals surface area contributed by atoms with Gasteiger partial charge in [-0.1, -0.05) is 26.7 Å². The van der Waals surface area contributed by atoms with Gasteiger partial charge in [0.1, 0.15) is 0 Å². The number of nitro groups is 1. The molecule has 0 aliphatic heterocycles. The SMILES string of the molecule is CC1(C)CCCCC1Nc1cc([N+](=O)[O-])ccc1Br. The van der Waals surface area contributed by atoms with E-state index < -0.39 is 0 Å². The lowest BCUT2D eigenvalue weighted by Crippen LogP contribution is -2.39. The fourth-order valence-corrected chi connectivity index (χ4v) is 3.05. The van der Waals surface area contributed by atoms with Crippen LogP contribution in [0.15, 0.2) is 22.7 Å². The van der Waals surface area contributed by atoms with Gasteiger partial charge in [0.15, 0.2) is 0 Å². The molecule has 1 atom stereocenters. The molecule has 1 saturated carbocycles. The Labute approximate surface area is 121 Å².